The van der Waals surface area contributed by atoms with E-state index in [9.17, 15) is 34.2 Å². The molecule has 1 heterocycles. The summed E-state index contributed by atoms with van der Waals surface area (Å²) < 4.78 is 0. The molecule has 0 aliphatic heterocycles. The summed E-state index contributed by atoms with van der Waals surface area (Å²) in [5.41, 5.74) is 13.5. The molecule has 0 aliphatic carbocycles. The van der Waals surface area contributed by atoms with Crippen molar-refractivity contribution in [2.75, 3.05) is 6.61 Å². The number of fused-ring (bicyclic) bond motifs is 1. The van der Waals surface area contributed by atoms with Gasteiger partial charge in [0.15, 0.2) is 0 Å². The van der Waals surface area contributed by atoms with Crippen LogP contribution in [0, 0.1) is 0 Å². The van der Waals surface area contributed by atoms with Crippen LogP contribution in [-0.2, 0) is 36.8 Å². The smallest absolute Gasteiger partial charge is 0.328 e. The highest BCUT2D eigenvalue weighted by atomic mass is 16.4. The molecular formula is C27H32N6O7. The first-order chi connectivity index (χ1) is 19.1. The highest BCUT2D eigenvalue weighted by molar-refractivity contribution is 5.96. The Morgan fingerprint density at radius 1 is 0.800 bits per heavy atom. The Kier molecular flexibility index (Phi) is 10.3. The monoisotopic (exact) mass is 552 g/mol. The van der Waals surface area contributed by atoms with Crippen molar-refractivity contribution in [2.45, 2.75) is 43.4 Å². The zero-order valence-corrected chi connectivity index (χ0v) is 21.5. The SMILES string of the molecule is NC(=O)CC(NC(=O)C(N)Cc1ccccc1)C(=O)NC(Cc1c[nH]c2ccccc12)C(=O)NC(CO)C(=O)O. The number of aliphatic hydroxyl groups excluding tert-OH is 1. The van der Waals surface area contributed by atoms with Gasteiger partial charge in [-0.1, -0.05) is 48.5 Å². The Hall–Kier alpha value is -4.75. The third-order valence-corrected chi connectivity index (χ3v) is 6.20. The van der Waals surface area contributed by atoms with Crippen molar-refractivity contribution < 1.29 is 34.2 Å². The summed E-state index contributed by atoms with van der Waals surface area (Å²) in [6, 6.07) is 10.7. The molecule has 10 N–H and O–H groups in total. The van der Waals surface area contributed by atoms with Crippen LogP contribution in [0.5, 0.6) is 0 Å². The molecule has 3 rings (SSSR count). The van der Waals surface area contributed by atoms with Gasteiger partial charge in [0.05, 0.1) is 19.1 Å². The Bertz CT molecular complexity index is 1360. The van der Waals surface area contributed by atoms with Gasteiger partial charge in [0.25, 0.3) is 0 Å². The minimum Gasteiger partial charge on any atom is -0.480 e. The maximum absolute atomic E-state index is 13.3. The lowest BCUT2D eigenvalue weighted by molar-refractivity contribution is -0.143. The molecule has 13 nitrogen and oxygen atoms in total. The van der Waals surface area contributed by atoms with Crippen molar-refractivity contribution in [1.82, 2.24) is 20.9 Å². The Morgan fingerprint density at radius 3 is 2.05 bits per heavy atom. The van der Waals surface area contributed by atoms with Gasteiger partial charge in [-0.2, -0.15) is 0 Å². The van der Waals surface area contributed by atoms with E-state index in [1.165, 1.54) is 0 Å². The number of para-hydroxylation sites is 1. The highest BCUT2D eigenvalue weighted by Gasteiger charge is 2.31. The largest absolute Gasteiger partial charge is 0.480 e. The molecule has 0 spiro atoms. The van der Waals surface area contributed by atoms with E-state index in [0.29, 0.717) is 5.56 Å². The van der Waals surface area contributed by atoms with Gasteiger partial charge in [-0.15, -0.1) is 0 Å². The molecule has 0 radical (unpaired) electrons. The topological polar surface area (TPSA) is 230 Å². The molecule has 0 saturated carbocycles. The quantitative estimate of drug-likeness (QED) is 0.119. The van der Waals surface area contributed by atoms with Crippen LogP contribution in [0.4, 0.5) is 0 Å². The lowest BCUT2D eigenvalue weighted by atomic mass is 10.0. The number of benzene rings is 2. The summed E-state index contributed by atoms with van der Waals surface area (Å²) in [7, 11) is 0. The van der Waals surface area contributed by atoms with E-state index in [1.807, 2.05) is 18.2 Å². The number of amides is 4. The average Bonchev–Trinajstić information content (AvgIpc) is 3.33. The number of H-pyrrole nitrogens is 1. The number of aliphatic hydroxyl groups is 1. The number of aromatic nitrogens is 1. The number of nitrogens with one attached hydrogen (secondary N) is 4. The molecule has 4 amide bonds. The summed E-state index contributed by atoms with van der Waals surface area (Å²) in [6.07, 6.45) is 1.15. The third kappa shape index (κ3) is 8.12. The average molecular weight is 553 g/mol. The number of primary amides is 1. The first kappa shape index (κ1) is 29.8. The number of hydrogen-bond acceptors (Lipinski definition) is 7. The van der Waals surface area contributed by atoms with Crippen molar-refractivity contribution in [3.8, 4) is 0 Å². The van der Waals surface area contributed by atoms with Crippen LogP contribution < -0.4 is 27.4 Å². The van der Waals surface area contributed by atoms with E-state index in [1.54, 1.807) is 42.6 Å². The Balaban J connectivity index is 1.80. The molecule has 13 heteroatoms. The molecule has 0 aliphatic rings. The van der Waals surface area contributed by atoms with Crippen molar-refractivity contribution in [3.05, 3.63) is 71.9 Å². The molecular weight excluding hydrogens is 520 g/mol. The predicted molar refractivity (Wildman–Crippen MR) is 144 cm³/mol. The lowest BCUT2D eigenvalue weighted by Crippen LogP contribution is -2.58. The van der Waals surface area contributed by atoms with Crippen LogP contribution in [0.15, 0.2) is 60.8 Å². The zero-order chi connectivity index (χ0) is 29.2. The van der Waals surface area contributed by atoms with Crippen molar-refractivity contribution in [3.63, 3.8) is 0 Å². The number of carboxylic acids is 1. The van der Waals surface area contributed by atoms with E-state index in [0.717, 1.165) is 16.5 Å². The number of aromatic amines is 1. The van der Waals surface area contributed by atoms with E-state index >= 15 is 0 Å². The molecule has 40 heavy (non-hydrogen) atoms. The number of carbonyl (C=O) groups excluding carboxylic acids is 4. The highest BCUT2D eigenvalue weighted by Crippen LogP contribution is 2.19. The normalized spacial score (nSPS) is 13.9. The maximum Gasteiger partial charge on any atom is 0.328 e. The van der Waals surface area contributed by atoms with Crippen LogP contribution in [-0.4, -0.2) is 75.6 Å². The lowest BCUT2D eigenvalue weighted by Gasteiger charge is -2.24. The second-order valence-corrected chi connectivity index (χ2v) is 9.23. The zero-order valence-electron chi connectivity index (χ0n) is 21.5. The number of carboxylic acid groups (broad SMARTS) is 1. The van der Waals surface area contributed by atoms with Crippen molar-refractivity contribution in [1.29, 1.82) is 0 Å². The van der Waals surface area contributed by atoms with Gasteiger partial charge in [0.1, 0.15) is 18.1 Å². The standard InChI is InChI=1S/C27H32N6O7/c28-18(10-15-6-2-1-3-7-15)24(36)31-21(12-23(29)35)26(38)32-20(25(37)33-22(14-34)27(39)40)11-16-13-30-19-9-5-4-8-17(16)19/h1-9,13,18,20-22,30,34H,10-12,14,28H2,(H2,29,35)(H,31,36)(H,32,38)(H,33,37)(H,39,40). The second-order valence-electron chi connectivity index (χ2n) is 9.23. The fourth-order valence-electron chi connectivity index (χ4n) is 4.11. The van der Waals surface area contributed by atoms with Crippen LogP contribution in [0.1, 0.15) is 17.5 Å². The summed E-state index contributed by atoms with van der Waals surface area (Å²) in [5.74, 6) is -4.88. The van der Waals surface area contributed by atoms with E-state index in [4.69, 9.17) is 11.5 Å². The van der Waals surface area contributed by atoms with Gasteiger partial charge in [0.2, 0.25) is 23.6 Å². The van der Waals surface area contributed by atoms with Crippen LogP contribution in [0.2, 0.25) is 0 Å². The molecule has 0 fully saturated rings. The van der Waals surface area contributed by atoms with Crippen LogP contribution in [0.25, 0.3) is 10.9 Å². The number of aliphatic carboxylic acids is 1. The summed E-state index contributed by atoms with van der Waals surface area (Å²) in [6.45, 7) is -0.880. The fraction of sp³-hybridized carbons (Fsp3) is 0.296. The van der Waals surface area contributed by atoms with Gasteiger partial charge in [-0.05, 0) is 23.6 Å². The number of carbonyl (C=O) groups is 5. The van der Waals surface area contributed by atoms with Gasteiger partial charge in [-0.3, -0.25) is 19.2 Å². The first-order valence-electron chi connectivity index (χ1n) is 12.5. The minimum atomic E-state index is -1.62. The molecule has 212 valence electrons. The molecule has 3 aromatic rings. The van der Waals surface area contributed by atoms with Gasteiger partial charge in [0, 0.05) is 23.5 Å². The second kappa shape index (κ2) is 13.9. The molecule has 4 unspecified atom stereocenters. The predicted octanol–water partition coefficient (Wildman–Crippen LogP) is -1.31. The van der Waals surface area contributed by atoms with Gasteiger partial charge >= 0.3 is 5.97 Å². The number of nitrogens with two attached hydrogens (primary N) is 2. The first-order valence-corrected chi connectivity index (χ1v) is 12.5. The minimum absolute atomic E-state index is 0.0793. The summed E-state index contributed by atoms with van der Waals surface area (Å²) in [4.78, 5) is 65.3. The summed E-state index contributed by atoms with van der Waals surface area (Å²) >= 11 is 0. The molecule has 0 bridgehead atoms. The molecule has 2 aromatic carbocycles. The third-order valence-electron chi connectivity index (χ3n) is 6.20. The van der Waals surface area contributed by atoms with E-state index in [-0.39, 0.29) is 12.8 Å². The van der Waals surface area contributed by atoms with Crippen molar-refractivity contribution in [2.24, 2.45) is 11.5 Å². The fourth-order valence-corrected chi connectivity index (χ4v) is 4.11. The van der Waals surface area contributed by atoms with Gasteiger partial charge in [-0.25, -0.2) is 4.79 Å². The Labute approximate surface area is 229 Å². The van der Waals surface area contributed by atoms with Crippen LogP contribution in [0.3, 0.4) is 0 Å². The van der Waals surface area contributed by atoms with E-state index in [2.05, 4.69) is 20.9 Å². The number of rotatable bonds is 14. The number of hydrogen-bond donors (Lipinski definition) is 8. The molecule has 4 atom stereocenters. The van der Waals surface area contributed by atoms with E-state index < -0.39 is 66.8 Å². The molecule has 1 aromatic heterocycles. The van der Waals surface area contributed by atoms with Crippen LogP contribution >= 0.6 is 0 Å². The summed E-state index contributed by atoms with van der Waals surface area (Å²) in [5, 5.41) is 26.5. The van der Waals surface area contributed by atoms with Crippen molar-refractivity contribution >= 4 is 40.5 Å². The maximum atomic E-state index is 13.3. The van der Waals surface area contributed by atoms with Gasteiger partial charge < -0.3 is 42.6 Å². The molecule has 0 saturated heterocycles. The Morgan fingerprint density at radius 2 is 1.40 bits per heavy atom.